The van der Waals surface area contributed by atoms with Crippen LogP contribution in [0.15, 0.2) is 105 Å². The summed E-state index contributed by atoms with van der Waals surface area (Å²) in [6.07, 6.45) is 3.76. The normalized spacial score (nSPS) is 11.7. The van der Waals surface area contributed by atoms with Gasteiger partial charge >= 0.3 is 5.91 Å². The fourth-order valence-electron chi connectivity index (χ4n) is 4.53. The Morgan fingerprint density at radius 3 is 2.64 bits per heavy atom. The van der Waals surface area contributed by atoms with Crippen LogP contribution in [0.1, 0.15) is 21.7 Å². The highest BCUT2D eigenvalue weighted by atomic mass is 127. The minimum atomic E-state index is -0.395. The van der Waals surface area contributed by atoms with Crippen LogP contribution in [0.4, 0.5) is 0 Å². The van der Waals surface area contributed by atoms with Gasteiger partial charge in [-0.05, 0) is 63.2 Å². The van der Waals surface area contributed by atoms with Gasteiger partial charge in [0.2, 0.25) is 0 Å². The van der Waals surface area contributed by atoms with E-state index in [1.165, 1.54) is 16.3 Å². The van der Waals surface area contributed by atoms with Crippen LogP contribution in [0.25, 0.3) is 32.6 Å². The van der Waals surface area contributed by atoms with Crippen LogP contribution >= 0.6 is 38.5 Å². The number of hydrazone groups is 1. The minimum Gasteiger partial charge on any atom is -0.450 e. The molecule has 2 heterocycles. The molecule has 0 saturated heterocycles. The van der Waals surface area contributed by atoms with Crippen LogP contribution in [-0.4, -0.2) is 16.7 Å². The van der Waals surface area contributed by atoms with Crippen molar-refractivity contribution in [2.75, 3.05) is 0 Å². The van der Waals surface area contributed by atoms with Crippen LogP contribution in [0.2, 0.25) is 0 Å². The van der Waals surface area contributed by atoms with E-state index in [9.17, 15) is 4.79 Å². The molecule has 0 aliphatic rings. The number of nitrogens with one attached hydrogen (secondary N) is 1. The first-order chi connectivity index (χ1) is 17.6. The summed E-state index contributed by atoms with van der Waals surface area (Å²) in [5.41, 5.74) is 6.57. The first-order valence-electron chi connectivity index (χ1n) is 11.3. The molecule has 0 spiro atoms. The largest absolute Gasteiger partial charge is 0.450 e. The number of aromatic nitrogens is 1. The quantitative estimate of drug-likeness (QED) is 0.118. The summed E-state index contributed by atoms with van der Waals surface area (Å²) in [6.45, 7) is 0.731. The summed E-state index contributed by atoms with van der Waals surface area (Å²) < 4.78 is 9.86. The molecule has 6 rings (SSSR count). The van der Waals surface area contributed by atoms with Gasteiger partial charge in [-0.2, -0.15) is 5.10 Å². The van der Waals surface area contributed by atoms with Crippen molar-refractivity contribution in [1.82, 2.24) is 9.99 Å². The van der Waals surface area contributed by atoms with Gasteiger partial charge in [0.05, 0.1) is 9.78 Å². The van der Waals surface area contributed by atoms with E-state index < -0.39 is 5.91 Å². The molecule has 6 aromatic rings. The van der Waals surface area contributed by atoms with E-state index in [1.54, 1.807) is 12.3 Å². The van der Waals surface area contributed by atoms with E-state index in [-0.39, 0.29) is 5.76 Å². The Bertz CT molecular complexity index is 1800. The highest BCUT2D eigenvalue weighted by Gasteiger charge is 2.14. The average molecular weight is 648 g/mol. The van der Waals surface area contributed by atoms with Gasteiger partial charge in [-0.25, -0.2) is 5.43 Å². The standard InChI is InChI=1S/C29H19BrIN3O2/c30-22-12-20-13-27(36-28(20)25(31)14-22)29(35)33-32-15-21-17-34(26-11-4-3-10-24(21)26)16-19-8-5-7-18-6-1-2-9-23(18)19/h1-15,17H,16H2,(H,33,35)/b32-15-. The monoisotopic (exact) mass is 647 g/mol. The summed E-state index contributed by atoms with van der Waals surface area (Å²) in [5, 5.41) is 8.64. The number of carbonyl (C=O) groups is 1. The van der Waals surface area contributed by atoms with Crippen molar-refractivity contribution in [1.29, 1.82) is 0 Å². The number of carbonyl (C=O) groups excluding carboxylic acids is 1. The third-order valence-electron chi connectivity index (χ3n) is 6.17. The number of furan rings is 1. The average Bonchev–Trinajstić information content (AvgIpc) is 3.47. The Labute approximate surface area is 229 Å². The Morgan fingerprint density at radius 2 is 1.75 bits per heavy atom. The second-order valence-corrected chi connectivity index (χ2v) is 10.6. The summed E-state index contributed by atoms with van der Waals surface area (Å²) in [7, 11) is 0. The van der Waals surface area contributed by atoms with Crippen molar-refractivity contribution >= 4 is 83.3 Å². The van der Waals surface area contributed by atoms with E-state index in [0.29, 0.717) is 5.58 Å². The summed E-state index contributed by atoms with van der Waals surface area (Å²) >= 11 is 5.67. The zero-order valence-corrected chi connectivity index (χ0v) is 22.7. The Morgan fingerprint density at radius 1 is 0.972 bits per heavy atom. The van der Waals surface area contributed by atoms with Crippen LogP contribution in [0.3, 0.4) is 0 Å². The van der Waals surface area contributed by atoms with Gasteiger partial charge in [-0.15, -0.1) is 0 Å². The number of hydrogen-bond donors (Lipinski definition) is 1. The van der Waals surface area contributed by atoms with Gasteiger partial charge in [-0.3, -0.25) is 4.79 Å². The van der Waals surface area contributed by atoms with Crippen molar-refractivity contribution in [3.63, 3.8) is 0 Å². The Hall–Kier alpha value is -3.43. The molecular formula is C29H19BrIN3O2. The maximum Gasteiger partial charge on any atom is 0.307 e. The van der Waals surface area contributed by atoms with Crippen molar-refractivity contribution in [2.24, 2.45) is 5.10 Å². The molecule has 0 bridgehead atoms. The second-order valence-electron chi connectivity index (χ2n) is 8.48. The molecule has 0 aliphatic carbocycles. The van der Waals surface area contributed by atoms with Gasteiger partial charge in [0.15, 0.2) is 5.76 Å². The predicted molar refractivity (Wildman–Crippen MR) is 157 cm³/mol. The molecule has 36 heavy (non-hydrogen) atoms. The number of halogens is 2. The molecule has 0 radical (unpaired) electrons. The summed E-state index contributed by atoms with van der Waals surface area (Å²) in [4.78, 5) is 12.7. The first kappa shape index (κ1) is 23.0. The number of rotatable bonds is 5. The highest BCUT2D eigenvalue weighted by Crippen LogP contribution is 2.29. The fourth-order valence-corrected chi connectivity index (χ4v) is 6.19. The lowest BCUT2D eigenvalue weighted by molar-refractivity contribution is 0.0929. The topological polar surface area (TPSA) is 59.5 Å². The van der Waals surface area contributed by atoms with Gasteiger partial charge in [0.25, 0.3) is 0 Å². The van der Waals surface area contributed by atoms with Crippen molar-refractivity contribution in [2.45, 2.75) is 6.54 Å². The smallest absolute Gasteiger partial charge is 0.307 e. The molecular weight excluding hydrogens is 629 g/mol. The third kappa shape index (κ3) is 4.33. The van der Waals surface area contributed by atoms with Crippen LogP contribution in [0.5, 0.6) is 0 Å². The van der Waals surface area contributed by atoms with Gasteiger partial charge in [-0.1, -0.05) is 76.6 Å². The van der Waals surface area contributed by atoms with Crippen LogP contribution in [0, 0.1) is 3.57 Å². The zero-order chi connectivity index (χ0) is 24.6. The molecule has 2 aromatic heterocycles. The Kier molecular flexibility index (Phi) is 6.10. The molecule has 0 aliphatic heterocycles. The van der Waals surface area contributed by atoms with E-state index in [0.717, 1.165) is 36.4 Å². The van der Waals surface area contributed by atoms with E-state index in [1.807, 2.05) is 24.3 Å². The summed E-state index contributed by atoms with van der Waals surface area (Å²) in [6, 6.07) is 28.6. The molecule has 5 nitrogen and oxygen atoms in total. The van der Waals surface area contributed by atoms with Gasteiger partial charge in [0.1, 0.15) is 5.58 Å². The molecule has 7 heteroatoms. The Balaban J connectivity index is 1.27. The SMILES string of the molecule is O=C(N/N=C\c1cn(Cc2cccc3ccccc23)c2ccccc12)c1cc2cc(Br)cc(I)c2o1. The molecule has 0 unspecified atom stereocenters. The van der Waals surface area contributed by atoms with E-state index in [2.05, 4.69) is 114 Å². The van der Waals surface area contributed by atoms with Crippen molar-refractivity contribution in [3.8, 4) is 0 Å². The summed E-state index contributed by atoms with van der Waals surface area (Å²) in [5.74, 6) is -0.176. The molecule has 4 aromatic carbocycles. The highest BCUT2D eigenvalue weighted by molar-refractivity contribution is 14.1. The molecule has 176 valence electrons. The first-order valence-corrected chi connectivity index (χ1v) is 13.2. The second kappa shape index (κ2) is 9.55. The lowest BCUT2D eigenvalue weighted by Gasteiger charge is -2.09. The molecule has 0 saturated carbocycles. The predicted octanol–water partition coefficient (Wildman–Crippen LogP) is 7.72. The number of hydrogen-bond acceptors (Lipinski definition) is 3. The number of benzene rings is 4. The van der Waals surface area contributed by atoms with Gasteiger partial charge in [0, 0.05) is 39.1 Å². The van der Waals surface area contributed by atoms with E-state index in [4.69, 9.17) is 4.42 Å². The van der Waals surface area contributed by atoms with Crippen molar-refractivity contribution < 1.29 is 9.21 Å². The molecule has 0 atom stereocenters. The lowest BCUT2D eigenvalue weighted by atomic mass is 10.0. The fraction of sp³-hybridized carbons (Fsp3) is 0.0345. The molecule has 1 N–H and O–H groups in total. The van der Waals surface area contributed by atoms with Gasteiger partial charge < -0.3 is 8.98 Å². The van der Waals surface area contributed by atoms with E-state index >= 15 is 0 Å². The number of para-hydroxylation sites is 1. The number of fused-ring (bicyclic) bond motifs is 3. The third-order valence-corrected chi connectivity index (χ3v) is 7.43. The van der Waals surface area contributed by atoms with Crippen molar-refractivity contribution in [3.05, 3.63) is 116 Å². The minimum absolute atomic E-state index is 0.219. The van der Waals surface area contributed by atoms with Crippen LogP contribution < -0.4 is 5.43 Å². The molecule has 0 fully saturated rings. The zero-order valence-electron chi connectivity index (χ0n) is 18.9. The lowest BCUT2D eigenvalue weighted by Crippen LogP contribution is -2.16. The maximum atomic E-state index is 12.7. The van der Waals surface area contributed by atoms with Crippen LogP contribution in [-0.2, 0) is 6.54 Å². The number of amides is 1. The molecule has 1 amide bonds. The number of nitrogens with zero attached hydrogens (tertiary/aromatic N) is 2. The maximum absolute atomic E-state index is 12.7.